The molecule has 0 aliphatic carbocycles. The van der Waals surface area contributed by atoms with E-state index in [-0.39, 0.29) is 11.9 Å². The molecule has 0 aromatic rings. The SMILES string of the molecule is COC(=O)[C@H]1[C@@H](C(C)C)C[C@@H]2CC[C@H]1N2C. The van der Waals surface area contributed by atoms with E-state index in [1.165, 1.54) is 13.5 Å². The zero-order valence-electron chi connectivity index (χ0n) is 10.8. The average molecular weight is 225 g/mol. The van der Waals surface area contributed by atoms with E-state index in [0.29, 0.717) is 23.9 Å². The van der Waals surface area contributed by atoms with Gasteiger partial charge in [-0.1, -0.05) is 13.8 Å². The summed E-state index contributed by atoms with van der Waals surface area (Å²) < 4.78 is 5.00. The molecule has 3 heteroatoms. The van der Waals surface area contributed by atoms with Gasteiger partial charge in [-0.15, -0.1) is 0 Å². The summed E-state index contributed by atoms with van der Waals surface area (Å²) in [4.78, 5) is 14.4. The third-order valence-electron chi connectivity index (χ3n) is 4.64. The molecule has 0 spiro atoms. The highest BCUT2D eigenvalue weighted by Crippen LogP contribution is 2.44. The smallest absolute Gasteiger partial charge is 0.310 e. The van der Waals surface area contributed by atoms with Crippen molar-refractivity contribution in [1.29, 1.82) is 0 Å². The monoisotopic (exact) mass is 225 g/mol. The standard InChI is InChI=1S/C13H23NO2/c1-8(2)10-7-9-5-6-11(14(9)3)12(10)13(15)16-4/h8-12H,5-7H2,1-4H3/t9-,10+,11+,12-/m0/s1. The van der Waals surface area contributed by atoms with Gasteiger partial charge in [-0.3, -0.25) is 9.69 Å². The second kappa shape index (κ2) is 4.36. The number of carbonyl (C=O) groups excluding carboxylic acids is 1. The lowest BCUT2D eigenvalue weighted by atomic mass is 9.74. The van der Waals surface area contributed by atoms with E-state index in [4.69, 9.17) is 4.74 Å². The van der Waals surface area contributed by atoms with Gasteiger partial charge in [-0.2, -0.15) is 0 Å². The molecular formula is C13H23NO2. The second-order valence-corrected chi connectivity index (χ2v) is 5.66. The number of piperidine rings is 1. The lowest BCUT2D eigenvalue weighted by Crippen LogP contribution is -2.51. The minimum absolute atomic E-state index is 0.00380. The van der Waals surface area contributed by atoms with Gasteiger partial charge in [0.15, 0.2) is 0 Å². The molecule has 0 radical (unpaired) electrons. The number of hydrogen-bond donors (Lipinski definition) is 0. The minimum atomic E-state index is -0.00380. The summed E-state index contributed by atoms with van der Waals surface area (Å²) in [6.45, 7) is 4.46. The van der Waals surface area contributed by atoms with Crippen LogP contribution in [0.5, 0.6) is 0 Å². The topological polar surface area (TPSA) is 29.5 Å². The molecular weight excluding hydrogens is 202 g/mol. The molecule has 0 saturated carbocycles. The average Bonchev–Trinajstić information content (AvgIpc) is 2.52. The Morgan fingerprint density at radius 1 is 1.38 bits per heavy atom. The van der Waals surface area contributed by atoms with Crippen LogP contribution in [0.1, 0.15) is 33.1 Å². The van der Waals surface area contributed by atoms with Crippen molar-refractivity contribution in [2.24, 2.45) is 17.8 Å². The maximum absolute atomic E-state index is 12.0. The predicted octanol–water partition coefficient (Wildman–Crippen LogP) is 1.91. The van der Waals surface area contributed by atoms with Crippen molar-refractivity contribution in [2.45, 2.75) is 45.2 Å². The van der Waals surface area contributed by atoms with Crippen molar-refractivity contribution >= 4 is 5.97 Å². The Labute approximate surface area is 98.1 Å². The molecule has 0 unspecified atom stereocenters. The van der Waals surface area contributed by atoms with Crippen LogP contribution < -0.4 is 0 Å². The highest BCUT2D eigenvalue weighted by atomic mass is 16.5. The summed E-state index contributed by atoms with van der Waals surface area (Å²) in [6.07, 6.45) is 3.56. The molecule has 2 bridgehead atoms. The van der Waals surface area contributed by atoms with Crippen molar-refractivity contribution in [2.75, 3.05) is 14.2 Å². The summed E-state index contributed by atoms with van der Waals surface area (Å²) in [7, 11) is 3.68. The van der Waals surface area contributed by atoms with E-state index in [1.54, 1.807) is 0 Å². The van der Waals surface area contributed by atoms with Gasteiger partial charge in [0.05, 0.1) is 13.0 Å². The number of esters is 1. The van der Waals surface area contributed by atoms with Gasteiger partial charge in [-0.25, -0.2) is 0 Å². The van der Waals surface area contributed by atoms with Crippen LogP contribution in [0.4, 0.5) is 0 Å². The molecule has 2 saturated heterocycles. The van der Waals surface area contributed by atoms with Gasteiger partial charge in [-0.05, 0) is 38.1 Å². The van der Waals surface area contributed by atoms with Crippen LogP contribution in [0.2, 0.25) is 0 Å². The number of rotatable bonds is 2. The number of nitrogens with zero attached hydrogens (tertiary/aromatic N) is 1. The first-order chi connectivity index (χ1) is 7.56. The van der Waals surface area contributed by atoms with Crippen LogP contribution >= 0.6 is 0 Å². The molecule has 0 aromatic carbocycles. The Morgan fingerprint density at radius 3 is 2.62 bits per heavy atom. The van der Waals surface area contributed by atoms with Crippen molar-refractivity contribution in [3.05, 3.63) is 0 Å². The lowest BCUT2D eigenvalue weighted by molar-refractivity contribution is -0.153. The van der Waals surface area contributed by atoms with E-state index in [0.717, 1.165) is 12.8 Å². The van der Waals surface area contributed by atoms with E-state index in [9.17, 15) is 4.79 Å². The van der Waals surface area contributed by atoms with Crippen molar-refractivity contribution in [1.82, 2.24) is 4.90 Å². The fourth-order valence-corrected chi connectivity index (χ4v) is 3.66. The maximum atomic E-state index is 12.0. The van der Waals surface area contributed by atoms with Crippen LogP contribution in [0, 0.1) is 17.8 Å². The van der Waals surface area contributed by atoms with Crippen molar-refractivity contribution in [3.63, 3.8) is 0 Å². The largest absolute Gasteiger partial charge is 0.469 e. The fraction of sp³-hybridized carbons (Fsp3) is 0.923. The highest BCUT2D eigenvalue weighted by Gasteiger charge is 2.49. The molecule has 2 aliphatic rings. The Bertz CT molecular complexity index is 277. The highest BCUT2D eigenvalue weighted by molar-refractivity contribution is 5.74. The molecule has 2 heterocycles. The van der Waals surface area contributed by atoms with Crippen molar-refractivity contribution < 1.29 is 9.53 Å². The minimum Gasteiger partial charge on any atom is -0.469 e. The van der Waals surface area contributed by atoms with Gasteiger partial charge in [0.2, 0.25) is 0 Å². The van der Waals surface area contributed by atoms with Crippen LogP contribution in [-0.2, 0) is 9.53 Å². The van der Waals surface area contributed by atoms with Crippen LogP contribution in [0.25, 0.3) is 0 Å². The second-order valence-electron chi connectivity index (χ2n) is 5.66. The van der Waals surface area contributed by atoms with Crippen LogP contribution in [0.15, 0.2) is 0 Å². The molecule has 0 aromatic heterocycles. The molecule has 0 amide bonds. The van der Waals surface area contributed by atoms with E-state index in [2.05, 4.69) is 25.8 Å². The van der Waals surface area contributed by atoms with Crippen molar-refractivity contribution in [3.8, 4) is 0 Å². The Balaban J connectivity index is 2.24. The third-order valence-corrected chi connectivity index (χ3v) is 4.64. The molecule has 3 nitrogen and oxygen atoms in total. The Morgan fingerprint density at radius 2 is 2.06 bits per heavy atom. The summed E-state index contributed by atoms with van der Waals surface area (Å²) in [6, 6.07) is 1.11. The summed E-state index contributed by atoms with van der Waals surface area (Å²) in [5.41, 5.74) is 0. The van der Waals surface area contributed by atoms with Gasteiger partial charge < -0.3 is 4.74 Å². The lowest BCUT2D eigenvalue weighted by Gasteiger charge is -2.43. The van der Waals surface area contributed by atoms with Gasteiger partial charge >= 0.3 is 5.97 Å². The van der Waals surface area contributed by atoms with Gasteiger partial charge in [0.25, 0.3) is 0 Å². The Kier molecular flexibility index (Phi) is 3.24. The van der Waals surface area contributed by atoms with E-state index < -0.39 is 0 Å². The van der Waals surface area contributed by atoms with E-state index in [1.807, 2.05) is 0 Å². The number of ether oxygens (including phenoxy) is 1. The molecule has 2 fully saturated rings. The van der Waals surface area contributed by atoms with Gasteiger partial charge in [0.1, 0.15) is 0 Å². The normalized spacial score (nSPS) is 39.1. The molecule has 92 valence electrons. The summed E-state index contributed by atoms with van der Waals surface area (Å²) in [5, 5.41) is 0. The molecule has 2 rings (SSSR count). The first-order valence-corrected chi connectivity index (χ1v) is 6.36. The number of methoxy groups -OCH3 is 1. The maximum Gasteiger partial charge on any atom is 0.310 e. The van der Waals surface area contributed by atoms with Crippen LogP contribution in [0.3, 0.4) is 0 Å². The van der Waals surface area contributed by atoms with E-state index >= 15 is 0 Å². The summed E-state index contributed by atoms with van der Waals surface area (Å²) in [5.74, 6) is 1.16. The predicted molar refractivity (Wildman–Crippen MR) is 63.0 cm³/mol. The number of carbonyl (C=O) groups is 1. The Hall–Kier alpha value is -0.570. The van der Waals surface area contributed by atoms with Crippen LogP contribution in [-0.4, -0.2) is 37.1 Å². The molecule has 4 atom stereocenters. The summed E-state index contributed by atoms with van der Waals surface area (Å²) >= 11 is 0. The number of fused-ring (bicyclic) bond motifs is 2. The zero-order chi connectivity index (χ0) is 11.9. The first kappa shape index (κ1) is 11.9. The zero-order valence-corrected chi connectivity index (χ0v) is 10.8. The third kappa shape index (κ3) is 1.75. The van der Waals surface area contributed by atoms with Gasteiger partial charge in [0, 0.05) is 12.1 Å². The molecule has 0 N–H and O–H groups in total. The molecule has 16 heavy (non-hydrogen) atoms. The molecule has 2 aliphatic heterocycles. The fourth-order valence-electron chi connectivity index (χ4n) is 3.66. The quantitative estimate of drug-likeness (QED) is 0.672. The number of hydrogen-bond acceptors (Lipinski definition) is 3. The first-order valence-electron chi connectivity index (χ1n) is 6.36.